The van der Waals surface area contributed by atoms with Gasteiger partial charge in [0.25, 0.3) is 5.69 Å². The lowest BCUT2D eigenvalue weighted by molar-refractivity contribution is -0.384. The summed E-state index contributed by atoms with van der Waals surface area (Å²) < 4.78 is 26.7. The molecule has 9 nitrogen and oxygen atoms in total. The van der Waals surface area contributed by atoms with Crippen LogP contribution in [-0.2, 0) is 23.0 Å². The summed E-state index contributed by atoms with van der Waals surface area (Å²) in [5, 5.41) is 12.1. The minimum atomic E-state index is -3.76. The van der Waals surface area contributed by atoms with Crippen molar-refractivity contribution in [2.45, 2.75) is 31.7 Å². The van der Waals surface area contributed by atoms with Crippen LogP contribution in [0.5, 0.6) is 0 Å². The van der Waals surface area contributed by atoms with Crippen molar-refractivity contribution in [3.63, 3.8) is 0 Å². The van der Waals surface area contributed by atoms with Crippen molar-refractivity contribution in [2.24, 2.45) is 0 Å². The van der Waals surface area contributed by atoms with Crippen LogP contribution in [0, 0.1) is 10.1 Å². The van der Waals surface area contributed by atoms with E-state index in [1.54, 1.807) is 13.8 Å². The molecule has 1 aromatic carbocycles. The lowest BCUT2D eigenvalue weighted by Gasteiger charge is -2.28. The second-order valence-corrected chi connectivity index (χ2v) is 9.14. The molecule has 3 rings (SSSR count). The highest BCUT2D eigenvalue weighted by Crippen LogP contribution is 2.36. The average Bonchev–Trinajstić information content (AvgIpc) is 3.01. The standard InChI is InChI=1S/C16H21N5O4S2/c1-3-20(4-2)27(24,25)11-5-6-13(14(9-11)21(22)23)19-8-7-12-15(10-19)26-16(17)18-12/h5-6,9H,3-4,7-8,10H2,1-2H3,(H2,17,18). The van der Waals surface area contributed by atoms with Crippen LogP contribution in [0.15, 0.2) is 23.1 Å². The molecule has 2 N–H and O–H groups in total. The summed E-state index contributed by atoms with van der Waals surface area (Å²) >= 11 is 1.37. The Bertz CT molecular complexity index is 969. The molecule has 1 aromatic heterocycles. The number of anilines is 2. The SMILES string of the molecule is CCN(CC)S(=O)(=O)c1ccc(N2CCc3nc(N)sc3C2)c([N+](=O)[O-])c1. The zero-order valence-electron chi connectivity index (χ0n) is 15.1. The molecular formula is C16H21N5O4S2. The van der Waals surface area contributed by atoms with Crippen molar-refractivity contribution in [3.8, 4) is 0 Å². The van der Waals surface area contributed by atoms with E-state index in [4.69, 9.17) is 5.73 Å². The number of fused-ring (bicyclic) bond motifs is 1. The first-order valence-corrected chi connectivity index (χ1v) is 10.8. The quantitative estimate of drug-likeness (QED) is 0.571. The summed E-state index contributed by atoms with van der Waals surface area (Å²) in [6.45, 7) is 5.09. The molecule has 146 valence electrons. The van der Waals surface area contributed by atoms with E-state index in [1.165, 1.54) is 27.8 Å². The Labute approximate surface area is 161 Å². The minimum absolute atomic E-state index is 0.0682. The van der Waals surface area contributed by atoms with E-state index in [9.17, 15) is 18.5 Å². The molecule has 1 aliphatic rings. The van der Waals surface area contributed by atoms with Crippen LogP contribution < -0.4 is 10.6 Å². The second kappa shape index (κ2) is 7.41. The van der Waals surface area contributed by atoms with Gasteiger partial charge >= 0.3 is 0 Å². The minimum Gasteiger partial charge on any atom is -0.375 e. The summed E-state index contributed by atoms with van der Waals surface area (Å²) in [4.78, 5) is 18.2. The van der Waals surface area contributed by atoms with E-state index in [0.29, 0.717) is 43.4 Å². The van der Waals surface area contributed by atoms with Gasteiger partial charge < -0.3 is 10.6 Å². The summed E-state index contributed by atoms with van der Waals surface area (Å²) in [6.07, 6.45) is 0.639. The van der Waals surface area contributed by atoms with Crippen LogP contribution in [0.25, 0.3) is 0 Å². The Morgan fingerprint density at radius 1 is 1.37 bits per heavy atom. The summed E-state index contributed by atoms with van der Waals surface area (Å²) in [5.74, 6) is 0. The molecule has 0 fully saturated rings. The number of benzene rings is 1. The Hall–Kier alpha value is -2.24. The number of aromatic nitrogens is 1. The monoisotopic (exact) mass is 411 g/mol. The topological polar surface area (TPSA) is 123 Å². The van der Waals surface area contributed by atoms with Crippen molar-refractivity contribution < 1.29 is 13.3 Å². The van der Waals surface area contributed by atoms with Crippen molar-refractivity contribution >= 4 is 37.9 Å². The lowest BCUT2D eigenvalue weighted by Crippen LogP contribution is -2.31. The zero-order chi connectivity index (χ0) is 19.8. The molecule has 1 aliphatic heterocycles. The molecule has 0 atom stereocenters. The van der Waals surface area contributed by atoms with Gasteiger partial charge in [0, 0.05) is 37.0 Å². The molecular weight excluding hydrogens is 390 g/mol. The Kier molecular flexibility index (Phi) is 5.36. The summed E-state index contributed by atoms with van der Waals surface area (Å²) in [7, 11) is -3.76. The van der Waals surface area contributed by atoms with Crippen molar-refractivity contribution in [1.82, 2.24) is 9.29 Å². The van der Waals surface area contributed by atoms with Gasteiger partial charge in [-0.1, -0.05) is 13.8 Å². The molecule has 0 saturated heterocycles. The third-order valence-corrected chi connectivity index (χ3v) is 7.53. The van der Waals surface area contributed by atoms with Gasteiger partial charge in [-0.15, -0.1) is 11.3 Å². The van der Waals surface area contributed by atoms with Crippen LogP contribution >= 0.6 is 11.3 Å². The van der Waals surface area contributed by atoms with Gasteiger partial charge in [-0.05, 0) is 12.1 Å². The van der Waals surface area contributed by atoms with E-state index >= 15 is 0 Å². The predicted molar refractivity (Wildman–Crippen MR) is 104 cm³/mol. The molecule has 11 heteroatoms. The Morgan fingerprint density at radius 2 is 2.07 bits per heavy atom. The smallest absolute Gasteiger partial charge is 0.293 e. The van der Waals surface area contributed by atoms with E-state index in [1.807, 2.05) is 4.90 Å². The van der Waals surface area contributed by atoms with Crippen LogP contribution in [0.1, 0.15) is 24.4 Å². The van der Waals surface area contributed by atoms with Crippen LogP contribution in [0.4, 0.5) is 16.5 Å². The van der Waals surface area contributed by atoms with Crippen molar-refractivity contribution in [3.05, 3.63) is 38.9 Å². The number of thiazole rings is 1. The molecule has 0 radical (unpaired) electrons. The molecule has 0 bridgehead atoms. The highest BCUT2D eigenvalue weighted by atomic mass is 32.2. The number of nitro groups is 1. The average molecular weight is 412 g/mol. The first-order chi connectivity index (χ1) is 12.8. The fraction of sp³-hybridized carbons (Fsp3) is 0.438. The van der Waals surface area contributed by atoms with Gasteiger partial charge in [0.1, 0.15) is 5.69 Å². The van der Waals surface area contributed by atoms with Crippen LogP contribution in [0.2, 0.25) is 0 Å². The highest BCUT2D eigenvalue weighted by Gasteiger charge is 2.29. The largest absolute Gasteiger partial charge is 0.375 e. The predicted octanol–water partition coefficient (Wildman–Crippen LogP) is 2.23. The maximum absolute atomic E-state index is 12.7. The third-order valence-electron chi connectivity index (χ3n) is 4.58. The number of hydrogen-bond donors (Lipinski definition) is 1. The Balaban J connectivity index is 1.99. The molecule has 27 heavy (non-hydrogen) atoms. The summed E-state index contributed by atoms with van der Waals surface area (Å²) in [6, 6.07) is 4.11. The zero-order valence-corrected chi connectivity index (χ0v) is 16.7. The normalized spacial score (nSPS) is 14.4. The van der Waals surface area contributed by atoms with Gasteiger partial charge in [-0.2, -0.15) is 4.31 Å². The number of hydrogen-bond acceptors (Lipinski definition) is 8. The second-order valence-electron chi connectivity index (χ2n) is 6.09. The van der Waals surface area contributed by atoms with Gasteiger partial charge in [0.2, 0.25) is 10.0 Å². The number of rotatable bonds is 6. The lowest BCUT2D eigenvalue weighted by atomic mass is 10.1. The number of nitrogens with two attached hydrogens (primary N) is 1. The van der Waals surface area contributed by atoms with Gasteiger partial charge in [-0.25, -0.2) is 13.4 Å². The fourth-order valence-electron chi connectivity index (χ4n) is 3.21. The fourth-order valence-corrected chi connectivity index (χ4v) is 5.58. The van der Waals surface area contributed by atoms with Gasteiger partial charge in [0.15, 0.2) is 5.13 Å². The van der Waals surface area contributed by atoms with Crippen molar-refractivity contribution in [1.29, 1.82) is 0 Å². The number of nitro benzene ring substituents is 1. The molecule has 0 aliphatic carbocycles. The molecule has 0 amide bonds. The van der Waals surface area contributed by atoms with Crippen LogP contribution in [-0.4, -0.2) is 42.3 Å². The molecule has 0 spiro atoms. The van der Waals surface area contributed by atoms with E-state index < -0.39 is 14.9 Å². The van der Waals surface area contributed by atoms with E-state index in [2.05, 4.69) is 4.98 Å². The number of sulfonamides is 1. The van der Waals surface area contributed by atoms with E-state index in [0.717, 1.165) is 16.6 Å². The highest BCUT2D eigenvalue weighted by molar-refractivity contribution is 7.89. The molecule has 0 saturated carbocycles. The molecule has 2 heterocycles. The third kappa shape index (κ3) is 3.62. The maximum atomic E-state index is 12.7. The van der Waals surface area contributed by atoms with Crippen molar-refractivity contribution in [2.75, 3.05) is 30.3 Å². The van der Waals surface area contributed by atoms with Crippen LogP contribution in [0.3, 0.4) is 0 Å². The van der Waals surface area contributed by atoms with Gasteiger partial charge in [-0.3, -0.25) is 10.1 Å². The first kappa shape index (κ1) is 19.5. The van der Waals surface area contributed by atoms with E-state index in [-0.39, 0.29) is 10.6 Å². The maximum Gasteiger partial charge on any atom is 0.293 e. The van der Waals surface area contributed by atoms with Gasteiger partial charge in [0.05, 0.1) is 22.1 Å². The number of nitrogens with zero attached hydrogens (tertiary/aromatic N) is 4. The molecule has 0 unspecified atom stereocenters. The molecule has 2 aromatic rings. The summed E-state index contributed by atoms with van der Waals surface area (Å²) in [5.41, 5.74) is 6.86. The first-order valence-electron chi connectivity index (χ1n) is 8.55. The number of nitrogen functional groups attached to an aromatic ring is 1. The Morgan fingerprint density at radius 3 is 2.70 bits per heavy atom.